The van der Waals surface area contributed by atoms with Crippen molar-refractivity contribution in [3.63, 3.8) is 0 Å². The summed E-state index contributed by atoms with van der Waals surface area (Å²) >= 11 is 0. The lowest BCUT2D eigenvalue weighted by Crippen LogP contribution is -2.44. The van der Waals surface area contributed by atoms with Gasteiger partial charge in [0.05, 0.1) is 6.10 Å². The van der Waals surface area contributed by atoms with E-state index < -0.39 is 17.9 Å². The van der Waals surface area contributed by atoms with E-state index in [2.05, 4.69) is 77.2 Å². The number of ether oxygens (including phenoxy) is 1. The molecule has 3 aromatic rings. The van der Waals surface area contributed by atoms with Crippen LogP contribution in [-0.2, 0) is 27.8 Å². The monoisotopic (exact) mass is 587 g/mol. The fourth-order valence-corrected chi connectivity index (χ4v) is 5.77. The third-order valence-corrected chi connectivity index (χ3v) is 8.79. The molecule has 232 valence electrons. The minimum Gasteiger partial charge on any atom is -0.484 e. The van der Waals surface area contributed by atoms with Crippen LogP contribution in [0.15, 0.2) is 66.7 Å². The summed E-state index contributed by atoms with van der Waals surface area (Å²) in [6.07, 6.45) is 3.27. The second-order valence-electron chi connectivity index (χ2n) is 12.8. The number of aliphatic hydroxyl groups excluding tert-OH is 1. The Labute approximate surface area is 257 Å². The van der Waals surface area contributed by atoms with E-state index in [4.69, 9.17) is 4.74 Å². The van der Waals surface area contributed by atoms with E-state index in [0.717, 1.165) is 36.8 Å². The van der Waals surface area contributed by atoms with Crippen molar-refractivity contribution in [1.82, 2.24) is 5.32 Å². The highest BCUT2D eigenvalue weighted by atomic mass is 16.5. The molecule has 43 heavy (non-hydrogen) atoms. The van der Waals surface area contributed by atoms with Crippen LogP contribution in [0, 0.1) is 19.3 Å². The van der Waals surface area contributed by atoms with Crippen molar-refractivity contribution in [3.8, 4) is 5.75 Å². The molecule has 0 saturated carbocycles. The first-order valence-corrected chi connectivity index (χ1v) is 15.4. The number of carbonyl (C=O) groups is 2. The van der Waals surface area contributed by atoms with Gasteiger partial charge in [-0.1, -0.05) is 95.3 Å². The molecule has 0 fully saturated rings. The summed E-state index contributed by atoms with van der Waals surface area (Å²) in [6.45, 7) is 14.5. The van der Waals surface area contributed by atoms with Crippen LogP contribution in [0.25, 0.3) is 0 Å². The number of hydrogen-bond acceptors (Lipinski definition) is 4. The van der Waals surface area contributed by atoms with Gasteiger partial charge in [-0.15, -0.1) is 0 Å². The molecule has 1 unspecified atom stereocenters. The van der Waals surface area contributed by atoms with E-state index in [1.807, 2.05) is 43.3 Å². The maximum Gasteiger partial charge on any atom is 0.326 e. The fourth-order valence-electron chi connectivity index (χ4n) is 5.77. The van der Waals surface area contributed by atoms with E-state index in [1.165, 1.54) is 22.3 Å². The Morgan fingerprint density at radius 1 is 0.884 bits per heavy atom. The summed E-state index contributed by atoms with van der Waals surface area (Å²) in [4.78, 5) is 24.4. The number of benzene rings is 3. The molecule has 0 saturated heterocycles. The molecular weight excluding hydrogens is 538 g/mol. The Kier molecular flexibility index (Phi) is 11.6. The van der Waals surface area contributed by atoms with E-state index in [-0.39, 0.29) is 30.0 Å². The number of amides is 1. The third-order valence-electron chi connectivity index (χ3n) is 8.79. The summed E-state index contributed by atoms with van der Waals surface area (Å²) in [5.41, 5.74) is 6.40. The Morgan fingerprint density at radius 2 is 1.49 bits per heavy atom. The lowest BCUT2D eigenvalue weighted by atomic mass is 9.69. The van der Waals surface area contributed by atoms with Gasteiger partial charge in [-0.3, -0.25) is 4.79 Å². The molecule has 0 aliphatic rings. The quantitative estimate of drug-likeness (QED) is 0.190. The molecule has 6 heteroatoms. The van der Waals surface area contributed by atoms with Crippen LogP contribution < -0.4 is 10.1 Å². The zero-order valence-electron chi connectivity index (χ0n) is 26.9. The topological polar surface area (TPSA) is 95.9 Å². The normalized spacial score (nSPS) is 13.3. The molecule has 3 N–H and O–H groups in total. The Hall–Kier alpha value is -3.64. The smallest absolute Gasteiger partial charge is 0.326 e. The second kappa shape index (κ2) is 14.7. The van der Waals surface area contributed by atoms with Crippen LogP contribution in [0.1, 0.15) is 87.3 Å². The Balaban J connectivity index is 1.72. The van der Waals surface area contributed by atoms with Crippen molar-refractivity contribution >= 4 is 11.9 Å². The lowest BCUT2D eigenvalue weighted by molar-refractivity contribution is -0.142. The predicted molar refractivity (Wildman–Crippen MR) is 173 cm³/mol. The number of carbonyl (C=O) groups excluding carboxylic acids is 1. The third kappa shape index (κ3) is 8.70. The van der Waals surface area contributed by atoms with Crippen molar-refractivity contribution in [3.05, 3.63) is 100 Å². The number of nitrogens with one attached hydrogen (secondary N) is 1. The number of carboxylic acid groups (broad SMARTS) is 1. The van der Waals surface area contributed by atoms with E-state index >= 15 is 0 Å². The average molecular weight is 588 g/mol. The molecule has 0 aliphatic carbocycles. The van der Waals surface area contributed by atoms with Gasteiger partial charge in [0.2, 0.25) is 0 Å². The summed E-state index contributed by atoms with van der Waals surface area (Å²) in [7, 11) is 0. The summed E-state index contributed by atoms with van der Waals surface area (Å²) in [6, 6.07) is 21.1. The van der Waals surface area contributed by atoms with E-state index in [0.29, 0.717) is 5.75 Å². The zero-order chi connectivity index (χ0) is 31.8. The molecule has 0 aliphatic heterocycles. The van der Waals surface area contributed by atoms with Crippen LogP contribution in [-0.4, -0.2) is 40.8 Å². The molecule has 2 atom stereocenters. The maximum atomic E-state index is 12.6. The van der Waals surface area contributed by atoms with Crippen molar-refractivity contribution in [2.75, 3.05) is 6.61 Å². The van der Waals surface area contributed by atoms with Crippen LogP contribution in [0.5, 0.6) is 5.75 Å². The van der Waals surface area contributed by atoms with Gasteiger partial charge in [0, 0.05) is 11.8 Å². The van der Waals surface area contributed by atoms with Gasteiger partial charge >= 0.3 is 5.97 Å². The van der Waals surface area contributed by atoms with Crippen molar-refractivity contribution < 1.29 is 24.5 Å². The zero-order valence-corrected chi connectivity index (χ0v) is 26.9. The highest BCUT2D eigenvalue weighted by Crippen LogP contribution is 2.41. The average Bonchev–Trinajstić information content (AvgIpc) is 2.96. The van der Waals surface area contributed by atoms with Gasteiger partial charge in [0.15, 0.2) is 6.61 Å². The van der Waals surface area contributed by atoms with Gasteiger partial charge in [-0.05, 0) is 84.4 Å². The molecule has 0 radical (unpaired) electrons. The van der Waals surface area contributed by atoms with Crippen molar-refractivity contribution in [2.24, 2.45) is 5.41 Å². The molecule has 1 amide bonds. The molecule has 6 nitrogen and oxygen atoms in total. The minimum atomic E-state index is -1.08. The van der Waals surface area contributed by atoms with Crippen molar-refractivity contribution in [2.45, 2.75) is 98.1 Å². The summed E-state index contributed by atoms with van der Waals surface area (Å²) < 4.78 is 5.85. The SMILES string of the molecule is CCC(CC)(c1ccc(CCC(O)C(C)(C)C)c(C)c1)c1ccc(OCC(=O)N[C@@H](Cc2ccccc2)C(=O)O)c(C)c1. The summed E-state index contributed by atoms with van der Waals surface area (Å²) in [5, 5.41) is 22.7. The Bertz CT molecular complexity index is 1370. The number of rotatable bonds is 14. The number of aliphatic carboxylic acids is 1. The molecule has 0 bridgehead atoms. The first kappa shape index (κ1) is 33.9. The molecular formula is C37H49NO5. The predicted octanol–water partition coefficient (Wildman–Crippen LogP) is 6.94. The first-order valence-electron chi connectivity index (χ1n) is 15.4. The maximum absolute atomic E-state index is 12.6. The number of hydrogen-bond donors (Lipinski definition) is 3. The molecule has 0 heterocycles. The number of aryl methyl sites for hydroxylation is 3. The highest BCUT2D eigenvalue weighted by molar-refractivity contribution is 5.84. The van der Waals surface area contributed by atoms with Crippen LogP contribution in [0.2, 0.25) is 0 Å². The van der Waals surface area contributed by atoms with Gasteiger partial charge in [-0.2, -0.15) is 0 Å². The van der Waals surface area contributed by atoms with Crippen LogP contribution >= 0.6 is 0 Å². The first-order chi connectivity index (χ1) is 20.3. The van der Waals surface area contributed by atoms with Crippen molar-refractivity contribution in [1.29, 1.82) is 0 Å². The van der Waals surface area contributed by atoms with Crippen LogP contribution in [0.3, 0.4) is 0 Å². The standard InChI is InChI=1S/C37H49NO5/c1-8-37(9-2,29-17-15-28(25(3)21-29)16-20-33(39)36(5,6)7)30-18-19-32(26(4)22-30)43-24-34(40)38-31(35(41)42)23-27-13-11-10-12-14-27/h10-15,17-19,21-22,31,33,39H,8-9,16,20,23-24H2,1-7H3,(H,38,40)(H,41,42)/t31-,33?/m0/s1. The van der Waals surface area contributed by atoms with Crippen LogP contribution in [0.4, 0.5) is 0 Å². The molecule has 3 aromatic carbocycles. The van der Waals surface area contributed by atoms with Gasteiger partial charge in [0.1, 0.15) is 11.8 Å². The molecule has 0 spiro atoms. The number of aliphatic hydroxyl groups is 1. The second-order valence-corrected chi connectivity index (χ2v) is 12.8. The molecule has 3 rings (SSSR count). The number of carboxylic acids is 1. The van der Waals surface area contributed by atoms with E-state index in [9.17, 15) is 19.8 Å². The van der Waals surface area contributed by atoms with Gasteiger partial charge < -0.3 is 20.3 Å². The minimum absolute atomic E-state index is 0.131. The highest BCUT2D eigenvalue weighted by Gasteiger charge is 2.32. The fraction of sp³-hybridized carbons (Fsp3) is 0.459. The lowest BCUT2D eigenvalue weighted by Gasteiger charge is -2.34. The Morgan fingerprint density at radius 3 is 2.02 bits per heavy atom. The summed E-state index contributed by atoms with van der Waals surface area (Å²) in [5.74, 6) is -0.966. The largest absolute Gasteiger partial charge is 0.484 e. The van der Waals surface area contributed by atoms with Gasteiger partial charge in [-0.25, -0.2) is 4.79 Å². The van der Waals surface area contributed by atoms with E-state index in [1.54, 1.807) is 0 Å². The molecule has 0 aromatic heterocycles. The van der Waals surface area contributed by atoms with Gasteiger partial charge in [0.25, 0.3) is 5.91 Å².